The van der Waals surface area contributed by atoms with Gasteiger partial charge in [0.2, 0.25) is 21.8 Å². The zero-order valence-corrected chi connectivity index (χ0v) is 23.1. The first-order valence-electron chi connectivity index (χ1n) is 12.8. The van der Waals surface area contributed by atoms with Gasteiger partial charge in [-0.2, -0.15) is 0 Å². The molecule has 0 aromatic heterocycles. The molecule has 0 aliphatic carbocycles. The average Bonchev–Trinajstić information content (AvgIpc) is 2.84. The van der Waals surface area contributed by atoms with E-state index in [0.717, 1.165) is 17.5 Å². The largest absolute Gasteiger partial charge is 0.352 e. The SMILES string of the molecule is CC[C@H](C(=O)N[C@@H](C)CC)N(CCc1ccccc1)C(=O)CCCN(c1ccccc1C)S(C)(=O)=O. The lowest BCUT2D eigenvalue weighted by atomic mass is 10.1. The average molecular weight is 516 g/mol. The van der Waals surface area contributed by atoms with Crippen molar-refractivity contribution in [1.29, 1.82) is 0 Å². The Labute approximate surface area is 216 Å². The van der Waals surface area contributed by atoms with Crippen LogP contribution < -0.4 is 9.62 Å². The smallest absolute Gasteiger partial charge is 0.243 e. The van der Waals surface area contributed by atoms with Crippen molar-refractivity contribution < 1.29 is 18.0 Å². The van der Waals surface area contributed by atoms with E-state index in [-0.39, 0.29) is 30.8 Å². The molecule has 0 aliphatic rings. The maximum atomic E-state index is 13.4. The van der Waals surface area contributed by atoms with Crippen molar-refractivity contribution in [3.63, 3.8) is 0 Å². The number of para-hydroxylation sites is 1. The van der Waals surface area contributed by atoms with Gasteiger partial charge >= 0.3 is 0 Å². The van der Waals surface area contributed by atoms with Gasteiger partial charge in [-0.05, 0) is 56.7 Å². The van der Waals surface area contributed by atoms with Crippen molar-refractivity contribution in [3.05, 3.63) is 65.7 Å². The first-order chi connectivity index (χ1) is 17.1. The molecule has 0 saturated heterocycles. The summed E-state index contributed by atoms with van der Waals surface area (Å²) in [6.45, 7) is 8.35. The lowest BCUT2D eigenvalue weighted by Crippen LogP contribution is -2.51. The molecule has 2 atom stereocenters. The van der Waals surface area contributed by atoms with E-state index in [9.17, 15) is 18.0 Å². The third kappa shape index (κ3) is 8.66. The van der Waals surface area contributed by atoms with Gasteiger partial charge in [0.15, 0.2) is 0 Å². The van der Waals surface area contributed by atoms with Crippen LogP contribution in [0.4, 0.5) is 5.69 Å². The van der Waals surface area contributed by atoms with E-state index in [2.05, 4.69) is 5.32 Å². The van der Waals surface area contributed by atoms with E-state index < -0.39 is 16.1 Å². The molecule has 0 unspecified atom stereocenters. The number of nitrogens with one attached hydrogen (secondary N) is 1. The lowest BCUT2D eigenvalue weighted by Gasteiger charge is -2.32. The molecular weight excluding hydrogens is 474 g/mol. The molecule has 0 heterocycles. The van der Waals surface area contributed by atoms with Crippen molar-refractivity contribution >= 4 is 27.5 Å². The second kappa shape index (κ2) is 14.0. The normalized spacial score (nSPS) is 13.0. The molecule has 0 bridgehead atoms. The fourth-order valence-corrected chi connectivity index (χ4v) is 5.19. The number of sulfonamides is 1. The molecule has 1 N–H and O–H groups in total. The van der Waals surface area contributed by atoms with Crippen molar-refractivity contribution in [2.24, 2.45) is 0 Å². The summed E-state index contributed by atoms with van der Waals surface area (Å²) >= 11 is 0. The Hall–Kier alpha value is -2.87. The van der Waals surface area contributed by atoms with E-state index in [1.54, 1.807) is 17.0 Å². The van der Waals surface area contributed by atoms with Crippen LogP contribution in [-0.2, 0) is 26.0 Å². The zero-order valence-electron chi connectivity index (χ0n) is 22.2. The van der Waals surface area contributed by atoms with Crippen LogP contribution >= 0.6 is 0 Å². The Morgan fingerprint density at radius 3 is 2.17 bits per heavy atom. The fraction of sp³-hybridized carbons (Fsp3) is 0.500. The van der Waals surface area contributed by atoms with Crippen LogP contribution in [0.3, 0.4) is 0 Å². The number of carbonyl (C=O) groups is 2. The van der Waals surface area contributed by atoms with Crippen molar-refractivity contribution in [2.75, 3.05) is 23.7 Å². The van der Waals surface area contributed by atoms with Crippen LogP contribution in [-0.4, -0.2) is 56.6 Å². The second-order valence-electron chi connectivity index (χ2n) is 9.29. The van der Waals surface area contributed by atoms with Crippen LogP contribution in [0.15, 0.2) is 54.6 Å². The Kier molecular flexibility index (Phi) is 11.4. The van der Waals surface area contributed by atoms with E-state index in [0.29, 0.717) is 31.5 Å². The molecule has 36 heavy (non-hydrogen) atoms. The van der Waals surface area contributed by atoms with Crippen LogP contribution in [0.5, 0.6) is 0 Å². The third-order valence-electron chi connectivity index (χ3n) is 6.41. The highest BCUT2D eigenvalue weighted by molar-refractivity contribution is 7.92. The number of carbonyl (C=O) groups excluding carboxylic acids is 2. The molecule has 198 valence electrons. The van der Waals surface area contributed by atoms with Gasteiger partial charge in [0.1, 0.15) is 6.04 Å². The number of benzene rings is 2. The molecular formula is C28H41N3O4S. The van der Waals surface area contributed by atoms with Gasteiger partial charge in [0.25, 0.3) is 0 Å². The predicted molar refractivity (Wildman–Crippen MR) is 146 cm³/mol. The zero-order chi connectivity index (χ0) is 26.7. The molecule has 2 amide bonds. The minimum atomic E-state index is -3.51. The summed E-state index contributed by atoms with van der Waals surface area (Å²) in [6, 6.07) is 16.6. The number of hydrogen-bond acceptors (Lipinski definition) is 4. The highest BCUT2D eigenvalue weighted by Gasteiger charge is 2.29. The molecule has 7 nitrogen and oxygen atoms in total. The molecule has 0 radical (unpaired) electrons. The van der Waals surface area contributed by atoms with Gasteiger partial charge in [-0.15, -0.1) is 0 Å². The highest BCUT2D eigenvalue weighted by atomic mass is 32.2. The summed E-state index contributed by atoms with van der Waals surface area (Å²) in [7, 11) is -3.51. The lowest BCUT2D eigenvalue weighted by molar-refractivity contribution is -0.141. The summed E-state index contributed by atoms with van der Waals surface area (Å²) in [5.74, 6) is -0.291. The van der Waals surface area contributed by atoms with Gasteiger partial charge in [-0.1, -0.05) is 62.4 Å². The highest BCUT2D eigenvalue weighted by Crippen LogP contribution is 2.23. The number of rotatable bonds is 14. The molecule has 2 aromatic rings. The van der Waals surface area contributed by atoms with Gasteiger partial charge in [-0.3, -0.25) is 13.9 Å². The minimum absolute atomic E-state index is 0.0232. The summed E-state index contributed by atoms with van der Waals surface area (Å²) in [5.41, 5.74) is 2.56. The van der Waals surface area contributed by atoms with Gasteiger partial charge in [0.05, 0.1) is 11.9 Å². The summed E-state index contributed by atoms with van der Waals surface area (Å²) in [6.07, 6.45) is 3.63. The Bertz CT molecular complexity index is 1090. The fourth-order valence-electron chi connectivity index (χ4n) is 4.16. The van der Waals surface area contributed by atoms with Crippen molar-refractivity contribution in [2.45, 2.75) is 71.9 Å². The molecule has 2 rings (SSSR count). The number of anilines is 1. The van der Waals surface area contributed by atoms with Gasteiger partial charge in [-0.25, -0.2) is 8.42 Å². The number of hydrogen-bond donors (Lipinski definition) is 1. The van der Waals surface area contributed by atoms with Gasteiger partial charge < -0.3 is 10.2 Å². The summed E-state index contributed by atoms with van der Waals surface area (Å²) in [4.78, 5) is 28.2. The van der Waals surface area contributed by atoms with E-state index in [4.69, 9.17) is 0 Å². The van der Waals surface area contributed by atoms with Crippen LogP contribution in [0.25, 0.3) is 0 Å². The molecule has 0 aliphatic heterocycles. The standard InChI is InChI=1S/C28H41N3O4S/c1-6-23(4)29-28(33)25(7-2)30(21-19-24-15-9-8-10-16-24)27(32)18-13-20-31(36(5,34)35)26-17-12-11-14-22(26)3/h8-12,14-17,23,25H,6-7,13,18-21H2,1-5H3,(H,29,33)/t23-,25+/m0/s1. The second-order valence-corrected chi connectivity index (χ2v) is 11.2. The topological polar surface area (TPSA) is 86.8 Å². The molecule has 0 spiro atoms. The monoisotopic (exact) mass is 515 g/mol. The van der Waals surface area contributed by atoms with E-state index in [1.807, 2.05) is 70.2 Å². The first kappa shape index (κ1) is 29.4. The molecule has 8 heteroatoms. The van der Waals surface area contributed by atoms with E-state index >= 15 is 0 Å². The molecule has 0 saturated carbocycles. The number of aryl methyl sites for hydroxylation is 1. The van der Waals surface area contributed by atoms with Crippen molar-refractivity contribution in [1.82, 2.24) is 10.2 Å². The summed E-state index contributed by atoms with van der Waals surface area (Å²) < 4.78 is 26.4. The maximum Gasteiger partial charge on any atom is 0.243 e. The van der Waals surface area contributed by atoms with Crippen LogP contribution in [0.1, 0.15) is 57.6 Å². The van der Waals surface area contributed by atoms with Crippen molar-refractivity contribution in [3.8, 4) is 0 Å². The van der Waals surface area contributed by atoms with Crippen LogP contribution in [0.2, 0.25) is 0 Å². The Morgan fingerprint density at radius 2 is 1.58 bits per heavy atom. The number of amides is 2. The minimum Gasteiger partial charge on any atom is -0.352 e. The predicted octanol–water partition coefficient (Wildman–Crippen LogP) is 4.31. The maximum absolute atomic E-state index is 13.4. The van der Waals surface area contributed by atoms with Gasteiger partial charge in [0, 0.05) is 25.6 Å². The molecule has 0 fully saturated rings. The quantitative estimate of drug-likeness (QED) is 0.406. The number of nitrogens with zero attached hydrogens (tertiary/aromatic N) is 2. The molecule has 2 aromatic carbocycles. The first-order valence-corrected chi connectivity index (χ1v) is 14.6. The third-order valence-corrected chi connectivity index (χ3v) is 7.59. The summed E-state index contributed by atoms with van der Waals surface area (Å²) in [5, 5.41) is 3.02. The van der Waals surface area contributed by atoms with Crippen LogP contribution in [0, 0.1) is 6.92 Å². The Balaban J connectivity index is 2.17. The Morgan fingerprint density at radius 1 is 0.944 bits per heavy atom. The van der Waals surface area contributed by atoms with E-state index in [1.165, 1.54) is 10.6 Å².